The second kappa shape index (κ2) is 10.2. The molecule has 0 aromatic heterocycles. The molecule has 1 aliphatic rings. The first-order valence-corrected chi connectivity index (χ1v) is 11.7. The van der Waals surface area contributed by atoms with E-state index in [-0.39, 0.29) is 16.8 Å². The van der Waals surface area contributed by atoms with Crippen molar-refractivity contribution in [1.29, 1.82) is 0 Å². The van der Waals surface area contributed by atoms with Crippen LogP contribution in [0.1, 0.15) is 25.8 Å². The number of halogens is 1. The van der Waals surface area contributed by atoms with Crippen LogP contribution in [0.5, 0.6) is 5.75 Å². The van der Waals surface area contributed by atoms with Crippen molar-refractivity contribution in [2.45, 2.75) is 26.4 Å². The van der Waals surface area contributed by atoms with Gasteiger partial charge >= 0.3 is 0 Å². The molecule has 0 aliphatic carbocycles. The topological polar surface area (TPSA) is 49.9 Å². The van der Waals surface area contributed by atoms with Gasteiger partial charge in [0, 0.05) is 0 Å². The number of carbonyl (C=O) groups excluding carboxylic acids is 2. The number of nitrogens with zero attached hydrogens (tertiary/aromatic N) is 2. The molecular formula is C27H23ClN2O3S. The first-order valence-electron chi connectivity index (χ1n) is 10.9. The molecule has 1 fully saturated rings. The molecule has 1 saturated heterocycles. The summed E-state index contributed by atoms with van der Waals surface area (Å²) in [5.41, 5.74) is 1.74. The SMILES string of the molecule is CC[C@H](C)Oc1ccc(C=C2C(=O)N(c3ccccc3)C(=S)N(c3ccccc3)C2=O)cc1Cl. The van der Waals surface area contributed by atoms with Crippen LogP contribution in [0.4, 0.5) is 11.4 Å². The average molecular weight is 491 g/mol. The highest BCUT2D eigenvalue weighted by Crippen LogP contribution is 2.31. The van der Waals surface area contributed by atoms with Crippen LogP contribution in [0.3, 0.4) is 0 Å². The van der Waals surface area contributed by atoms with E-state index in [1.54, 1.807) is 42.5 Å². The molecule has 0 bridgehead atoms. The van der Waals surface area contributed by atoms with Gasteiger partial charge in [-0.25, -0.2) is 0 Å². The van der Waals surface area contributed by atoms with Crippen molar-refractivity contribution >= 4 is 58.2 Å². The standard InChI is InChI=1S/C27H23ClN2O3S/c1-3-18(2)33-24-15-14-19(17-23(24)28)16-22-25(31)29(20-10-6-4-7-11-20)27(34)30(26(22)32)21-12-8-5-9-13-21/h4-18H,3H2,1-2H3/t18-/m0/s1. The zero-order valence-corrected chi connectivity index (χ0v) is 20.3. The molecule has 5 nitrogen and oxygen atoms in total. The summed E-state index contributed by atoms with van der Waals surface area (Å²) in [5, 5.41) is 0.501. The van der Waals surface area contributed by atoms with Crippen LogP contribution in [-0.4, -0.2) is 23.0 Å². The average Bonchev–Trinajstić information content (AvgIpc) is 2.84. The zero-order chi connectivity index (χ0) is 24.2. The maximum Gasteiger partial charge on any atom is 0.270 e. The van der Waals surface area contributed by atoms with E-state index in [2.05, 4.69) is 0 Å². The molecular weight excluding hydrogens is 468 g/mol. The normalized spacial score (nSPS) is 14.9. The van der Waals surface area contributed by atoms with Crippen LogP contribution in [0.2, 0.25) is 5.02 Å². The quantitative estimate of drug-likeness (QED) is 0.232. The van der Waals surface area contributed by atoms with Crippen molar-refractivity contribution in [2.24, 2.45) is 0 Å². The largest absolute Gasteiger partial charge is 0.489 e. The Bertz CT molecular complexity index is 1200. The van der Waals surface area contributed by atoms with E-state index in [0.717, 1.165) is 6.42 Å². The van der Waals surface area contributed by atoms with Gasteiger partial charge in [0.05, 0.1) is 22.5 Å². The second-order valence-corrected chi connectivity index (χ2v) is 8.59. The van der Waals surface area contributed by atoms with E-state index < -0.39 is 11.8 Å². The molecule has 0 saturated carbocycles. The molecule has 1 aliphatic heterocycles. The van der Waals surface area contributed by atoms with Gasteiger partial charge in [-0.15, -0.1) is 0 Å². The van der Waals surface area contributed by atoms with Crippen molar-refractivity contribution in [3.05, 3.63) is 95.0 Å². The van der Waals surface area contributed by atoms with Gasteiger partial charge in [-0.1, -0.05) is 61.0 Å². The molecule has 0 spiro atoms. The lowest BCUT2D eigenvalue weighted by atomic mass is 10.0. The zero-order valence-electron chi connectivity index (χ0n) is 18.8. The fourth-order valence-electron chi connectivity index (χ4n) is 3.51. The number of amides is 2. The Morgan fingerprint density at radius 1 is 0.912 bits per heavy atom. The Hall–Kier alpha value is -3.48. The molecule has 34 heavy (non-hydrogen) atoms. The molecule has 4 rings (SSSR count). The molecule has 3 aromatic rings. The van der Waals surface area contributed by atoms with Gasteiger partial charge in [-0.2, -0.15) is 0 Å². The summed E-state index contributed by atoms with van der Waals surface area (Å²) in [6.45, 7) is 3.99. The van der Waals surface area contributed by atoms with E-state index in [1.807, 2.05) is 50.2 Å². The van der Waals surface area contributed by atoms with Crippen LogP contribution in [0.15, 0.2) is 84.4 Å². The summed E-state index contributed by atoms with van der Waals surface area (Å²) in [7, 11) is 0. The van der Waals surface area contributed by atoms with E-state index in [0.29, 0.717) is 27.7 Å². The highest BCUT2D eigenvalue weighted by molar-refractivity contribution is 7.81. The number of anilines is 2. The van der Waals surface area contributed by atoms with Gasteiger partial charge in [0.25, 0.3) is 11.8 Å². The van der Waals surface area contributed by atoms with Crippen LogP contribution in [0.25, 0.3) is 6.08 Å². The van der Waals surface area contributed by atoms with Crippen LogP contribution in [0, 0.1) is 0 Å². The Morgan fingerprint density at radius 2 is 1.44 bits per heavy atom. The Kier molecular flexibility index (Phi) is 7.10. The molecule has 0 N–H and O–H groups in total. The van der Waals surface area contributed by atoms with Gasteiger partial charge in [0.15, 0.2) is 5.11 Å². The lowest BCUT2D eigenvalue weighted by Crippen LogP contribution is -2.56. The Labute approximate surface area is 209 Å². The second-order valence-electron chi connectivity index (χ2n) is 7.82. The van der Waals surface area contributed by atoms with Crippen LogP contribution in [-0.2, 0) is 9.59 Å². The molecule has 3 aromatic carbocycles. The fraction of sp³-hybridized carbons (Fsp3) is 0.148. The van der Waals surface area contributed by atoms with Crippen molar-refractivity contribution in [3.63, 3.8) is 0 Å². The van der Waals surface area contributed by atoms with Crippen LogP contribution >= 0.6 is 23.8 Å². The highest BCUT2D eigenvalue weighted by Gasteiger charge is 2.41. The summed E-state index contributed by atoms with van der Waals surface area (Å²) in [4.78, 5) is 29.8. The molecule has 7 heteroatoms. The van der Waals surface area contributed by atoms with E-state index in [1.165, 1.54) is 15.9 Å². The molecule has 2 amide bonds. The number of hydrogen-bond donors (Lipinski definition) is 0. The van der Waals surface area contributed by atoms with Gasteiger partial charge < -0.3 is 4.74 Å². The molecule has 1 atom stereocenters. The number of carbonyl (C=O) groups is 2. The number of para-hydroxylation sites is 2. The minimum Gasteiger partial charge on any atom is -0.489 e. The minimum atomic E-state index is -0.496. The predicted octanol–water partition coefficient (Wildman–Crippen LogP) is 6.27. The van der Waals surface area contributed by atoms with Gasteiger partial charge in [0.2, 0.25) is 0 Å². The van der Waals surface area contributed by atoms with E-state index >= 15 is 0 Å². The fourth-order valence-corrected chi connectivity index (χ4v) is 4.12. The number of hydrogen-bond acceptors (Lipinski definition) is 4. The number of rotatable bonds is 6. The summed E-state index contributed by atoms with van der Waals surface area (Å²) in [6.07, 6.45) is 2.40. The van der Waals surface area contributed by atoms with E-state index in [4.69, 9.17) is 28.6 Å². The monoisotopic (exact) mass is 490 g/mol. The number of benzene rings is 3. The van der Waals surface area contributed by atoms with Crippen molar-refractivity contribution in [3.8, 4) is 5.75 Å². The summed E-state index contributed by atoms with van der Waals surface area (Å²) in [6, 6.07) is 23.2. The highest BCUT2D eigenvalue weighted by atomic mass is 35.5. The third kappa shape index (κ3) is 4.74. The molecule has 172 valence electrons. The Balaban J connectivity index is 1.78. The first kappa shape index (κ1) is 23.7. The molecule has 0 radical (unpaired) electrons. The number of thiocarbonyl (C=S) groups is 1. The molecule has 1 heterocycles. The van der Waals surface area contributed by atoms with Gasteiger partial charge in [0.1, 0.15) is 11.3 Å². The number of ether oxygens (including phenoxy) is 1. The van der Waals surface area contributed by atoms with Crippen LogP contribution < -0.4 is 14.5 Å². The predicted molar refractivity (Wildman–Crippen MR) is 140 cm³/mol. The van der Waals surface area contributed by atoms with Gasteiger partial charge in [-0.3, -0.25) is 19.4 Å². The van der Waals surface area contributed by atoms with Crippen molar-refractivity contribution in [1.82, 2.24) is 0 Å². The van der Waals surface area contributed by atoms with Crippen molar-refractivity contribution in [2.75, 3.05) is 9.80 Å². The minimum absolute atomic E-state index is 0.0167. The third-order valence-electron chi connectivity index (χ3n) is 5.45. The van der Waals surface area contributed by atoms with Gasteiger partial charge in [-0.05, 0) is 73.6 Å². The first-order chi connectivity index (χ1) is 16.4. The van der Waals surface area contributed by atoms with E-state index in [9.17, 15) is 9.59 Å². The summed E-state index contributed by atoms with van der Waals surface area (Å²) < 4.78 is 5.83. The summed E-state index contributed by atoms with van der Waals surface area (Å²) in [5.74, 6) is -0.439. The maximum absolute atomic E-state index is 13.5. The summed E-state index contributed by atoms with van der Waals surface area (Å²) >= 11 is 12.0. The lowest BCUT2D eigenvalue weighted by Gasteiger charge is -2.36. The molecule has 0 unspecified atom stereocenters. The maximum atomic E-state index is 13.5. The van der Waals surface area contributed by atoms with Crippen molar-refractivity contribution < 1.29 is 14.3 Å². The smallest absolute Gasteiger partial charge is 0.270 e. The Morgan fingerprint density at radius 3 is 1.91 bits per heavy atom. The lowest BCUT2D eigenvalue weighted by molar-refractivity contribution is -0.120. The third-order valence-corrected chi connectivity index (χ3v) is 6.11.